The van der Waals surface area contributed by atoms with E-state index >= 15 is 0 Å². The number of hydrogen-bond acceptors (Lipinski definition) is 6. The molecule has 22 heavy (non-hydrogen) atoms. The van der Waals surface area contributed by atoms with Crippen LogP contribution in [0.4, 0.5) is 10.1 Å². The highest BCUT2D eigenvalue weighted by molar-refractivity contribution is 6.04. The molecule has 0 atom stereocenters. The molecule has 0 saturated carbocycles. The monoisotopic (exact) mass is 306 g/mol. The number of nitrogens with zero attached hydrogens (tertiary/aromatic N) is 3. The van der Waals surface area contributed by atoms with Gasteiger partial charge in [0.25, 0.3) is 5.91 Å². The van der Waals surface area contributed by atoms with Gasteiger partial charge in [-0.1, -0.05) is 0 Å². The Bertz CT molecular complexity index is 666. The molecule has 0 aliphatic heterocycles. The SMILES string of the molecule is CCOc1ncc(NC(=O)c2cncc(F)c2)c(OCC)n1. The molecule has 0 aliphatic rings. The summed E-state index contributed by atoms with van der Waals surface area (Å²) in [5.41, 5.74) is 0.343. The van der Waals surface area contributed by atoms with E-state index in [0.717, 1.165) is 12.3 Å². The Kier molecular flexibility index (Phi) is 5.18. The molecule has 2 aromatic heterocycles. The smallest absolute Gasteiger partial charge is 0.319 e. The van der Waals surface area contributed by atoms with Crippen molar-refractivity contribution in [1.82, 2.24) is 15.0 Å². The van der Waals surface area contributed by atoms with Crippen LogP contribution in [-0.4, -0.2) is 34.1 Å². The number of aromatic nitrogens is 3. The molecule has 0 fully saturated rings. The third-order valence-electron chi connectivity index (χ3n) is 2.50. The lowest BCUT2D eigenvalue weighted by Crippen LogP contribution is -2.15. The van der Waals surface area contributed by atoms with Gasteiger partial charge in [0.15, 0.2) is 0 Å². The first-order valence-electron chi connectivity index (χ1n) is 6.68. The van der Waals surface area contributed by atoms with E-state index in [1.54, 1.807) is 13.8 Å². The number of anilines is 1. The van der Waals surface area contributed by atoms with Gasteiger partial charge in [0.1, 0.15) is 11.5 Å². The van der Waals surface area contributed by atoms with Crippen molar-refractivity contribution in [3.05, 3.63) is 36.0 Å². The highest BCUT2D eigenvalue weighted by atomic mass is 19.1. The van der Waals surface area contributed by atoms with Crippen LogP contribution in [0.15, 0.2) is 24.7 Å². The van der Waals surface area contributed by atoms with Gasteiger partial charge in [-0.25, -0.2) is 9.37 Å². The molecule has 0 aliphatic carbocycles. The molecule has 2 aromatic rings. The van der Waals surface area contributed by atoms with Gasteiger partial charge in [-0.2, -0.15) is 4.98 Å². The summed E-state index contributed by atoms with van der Waals surface area (Å²) in [7, 11) is 0. The molecule has 2 rings (SSSR count). The van der Waals surface area contributed by atoms with Crippen LogP contribution < -0.4 is 14.8 Å². The topological polar surface area (TPSA) is 86.2 Å². The summed E-state index contributed by atoms with van der Waals surface area (Å²) in [6.07, 6.45) is 3.64. The van der Waals surface area contributed by atoms with Crippen LogP contribution in [0, 0.1) is 5.82 Å². The molecule has 0 saturated heterocycles. The maximum Gasteiger partial charge on any atom is 0.319 e. The lowest BCUT2D eigenvalue weighted by Gasteiger charge is -2.11. The fourth-order valence-corrected chi connectivity index (χ4v) is 1.61. The quantitative estimate of drug-likeness (QED) is 0.879. The molecule has 2 heterocycles. The number of carbonyl (C=O) groups excluding carboxylic acids is 1. The van der Waals surface area contributed by atoms with Crippen molar-refractivity contribution in [3.63, 3.8) is 0 Å². The minimum atomic E-state index is -0.597. The van der Waals surface area contributed by atoms with Crippen LogP contribution in [0.5, 0.6) is 11.9 Å². The van der Waals surface area contributed by atoms with Crippen LogP contribution in [0.2, 0.25) is 0 Å². The van der Waals surface area contributed by atoms with E-state index in [4.69, 9.17) is 9.47 Å². The molecule has 1 amide bonds. The largest absolute Gasteiger partial charge is 0.476 e. The summed E-state index contributed by atoms with van der Waals surface area (Å²) < 4.78 is 23.6. The van der Waals surface area contributed by atoms with Crippen LogP contribution in [0.1, 0.15) is 24.2 Å². The number of ether oxygens (including phenoxy) is 2. The minimum Gasteiger partial charge on any atom is -0.476 e. The number of pyridine rings is 1. The van der Waals surface area contributed by atoms with Crippen molar-refractivity contribution < 1.29 is 18.7 Å². The lowest BCUT2D eigenvalue weighted by atomic mass is 10.2. The fraction of sp³-hybridized carbons (Fsp3) is 0.286. The molecule has 0 radical (unpaired) electrons. The first-order chi connectivity index (χ1) is 10.6. The van der Waals surface area contributed by atoms with Crippen LogP contribution in [0.25, 0.3) is 0 Å². The third kappa shape index (κ3) is 3.87. The molecule has 116 valence electrons. The predicted octanol–water partition coefficient (Wildman–Crippen LogP) is 2.06. The molecular formula is C14H15FN4O3. The molecule has 1 N–H and O–H groups in total. The second-order valence-corrected chi connectivity index (χ2v) is 4.08. The summed E-state index contributed by atoms with van der Waals surface area (Å²) in [4.78, 5) is 23.7. The number of rotatable bonds is 6. The lowest BCUT2D eigenvalue weighted by molar-refractivity contribution is 0.102. The van der Waals surface area contributed by atoms with Crippen LogP contribution in [-0.2, 0) is 0 Å². The number of amides is 1. The molecule has 0 aromatic carbocycles. The van der Waals surface area contributed by atoms with Crippen molar-refractivity contribution in [2.75, 3.05) is 18.5 Å². The van der Waals surface area contributed by atoms with Crippen molar-refractivity contribution in [1.29, 1.82) is 0 Å². The van der Waals surface area contributed by atoms with E-state index < -0.39 is 11.7 Å². The molecule has 0 spiro atoms. The Hall–Kier alpha value is -2.77. The van der Waals surface area contributed by atoms with Crippen LogP contribution in [0.3, 0.4) is 0 Å². The fourth-order valence-electron chi connectivity index (χ4n) is 1.61. The average Bonchev–Trinajstić information content (AvgIpc) is 2.50. The minimum absolute atomic E-state index is 0.0799. The Labute approximate surface area is 126 Å². The highest BCUT2D eigenvalue weighted by Gasteiger charge is 2.14. The summed E-state index contributed by atoms with van der Waals surface area (Å²) in [5, 5.41) is 2.56. The Balaban J connectivity index is 2.22. The zero-order valence-corrected chi connectivity index (χ0v) is 12.2. The first kappa shape index (κ1) is 15.6. The van der Waals surface area contributed by atoms with Crippen molar-refractivity contribution >= 4 is 11.6 Å². The van der Waals surface area contributed by atoms with Crippen LogP contribution >= 0.6 is 0 Å². The van der Waals surface area contributed by atoms with Gasteiger partial charge in [-0.15, -0.1) is 0 Å². The van der Waals surface area contributed by atoms with E-state index in [9.17, 15) is 9.18 Å². The van der Waals surface area contributed by atoms with E-state index in [1.807, 2.05) is 0 Å². The first-order valence-corrected chi connectivity index (χ1v) is 6.68. The molecule has 8 heteroatoms. The third-order valence-corrected chi connectivity index (χ3v) is 2.50. The van der Waals surface area contributed by atoms with Gasteiger partial charge in [0.05, 0.1) is 31.2 Å². The summed E-state index contributed by atoms with van der Waals surface area (Å²) >= 11 is 0. The second kappa shape index (κ2) is 7.30. The Morgan fingerprint density at radius 3 is 2.68 bits per heavy atom. The normalized spacial score (nSPS) is 10.1. The zero-order chi connectivity index (χ0) is 15.9. The van der Waals surface area contributed by atoms with Gasteiger partial charge in [0.2, 0.25) is 5.88 Å². The van der Waals surface area contributed by atoms with Gasteiger partial charge in [0, 0.05) is 6.20 Å². The average molecular weight is 306 g/mol. The molecule has 0 bridgehead atoms. The number of carbonyl (C=O) groups is 1. The maximum absolute atomic E-state index is 13.1. The maximum atomic E-state index is 13.1. The molecule has 0 unspecified atom stereocenters. The standard InChI is InChI=1S/C14H15FN4O3/c1-3-21-13-11(8-17-14(19-13)22-4-2)18-12(20)9-5-10(15)7-16-6-9/h5-8H,3-4H2,1-2H3,(H,18,20). The summed E-state index contributed by atoms with van der Waals surface area (Å²) in [6, 6.07) is 1.23. The van der Waals surface area contributed by atoms with Gasteiger partial charge >= 0.3 is 6.01 Å². The zero-order valence-electron chi connectivity index (χ0n) is 12.2. The van der Waals surface area contributed by atoms with Gasteiger partial charge < -0.3 is 14.8 Å². The number of halogens is 1. The van der Waals surface area contributed by atoms with E-state index in [2.05, 4.69) is 20.3 Å². The molecular weight excluding hydrogens is 291 g/mol. The Morgan fingerprint density at radius 1 is 1.23 bits per heavy atom. The van der Waals surface area contributed by atoms with Gasteiger partial charge in [-0.05, 0) is 19.9 Å². The summed E-state index contributed by atoms with van der Waals surface area (Å²) in [5.74, 6) is -0.958. The summed E-state index contributed by atoms with van der Waals surface area (Å²) in [6.45, 7) is 4.35. The number of hydrogen-bond donors (Lipinski definition) is 1. The van der Waals surface area contributed by atoms with Crippen molar-refractivity contribution in [3.8, 4) is 11.9 Å². The van der Waals surface area contributed by atoms with E-state index in [-0.39, 0.29) is 23.1 Å². The van der Waals surface area contributed by atoms with E-state index in [0.29, 0.717) is 13.2 Å². The number of nitrogens with one attached hydrogen (secondary N) is 1. The van der Waals surface area contributed by atoms with Gasteiger partial charge in [-0.3, -0.25) is 9.78 Å². The van der Waals surface area contributed by atoms with Crippen molar-refractivity contribution in [2.45, 2.75) is 13.8 Å². The van der Waals surface area contributed by atoms with E-state index in [1.165, 1.54) is 12.4 Å². The second-order valence-electron chi connectivity index (χ2n) is 4.08. The van der Waals surface area contributed by atoms with Crippen molar-refractivity contribution in [2.24, 2.45) is 0 Å². The molecule has 7 nitrogen and oxygen atoms in total. The highest BCUT2D eigenvalue weighted by Crippen LogP contribution is 2.23. The Morgan fingerprint density at radius 2 is 2.00 bits per heavy atom. The predicted molar refractivity (Wildman–Crippen MR) is 76.5 cm³/mol.